The van der Waals surface area contributed by atoms with E-state index in [1.807, 2.05) is 0 Å². The second-order valence-corrected chi connectivity index (χ2v) is 7.02. The van der Waals surface area contributed by atoms with Crippen LogP contribution in [0.15, 0.2) is 0 Å². The Morgan fingerprint density at radius 1 is 1.56 bits per heavy atom. The zero-order valence-corrected chi connectivity index (χ0v) is 10.2. The van der Waals surface area contributed by atoms with Gasteiger partial charge in [-0.15, -0.1) is 0 Å². The van der Waals surface area contributed by atoms with Crippen LogP contribution in [0.4, 0.5) is 0 Å². The summed E-state index contributed by atoms with van der Waals surface area (Å²) in [5, 5.41) is 21.0. The Morgan fingerprint density at radius 2 is 2.12 bits per heavy atom. The smallest absolute Gasteiger partial charge is 0.336 e. The summed E-state index contributed by atoms with van der Waals surface area (Å²) in [7, 11) is -3.03. The van der Waals surface area contributed by atoms with Crippen LogP contribution in [0.1, 0.15) is 20.3 Å². The van der Waals surface area contributed by atoms with Crippen molar-refractivity contribution in [3.8, 4) is 0 Å². The van der Waals surface area contributed by atoms with Crippen LogP contribution in [0.2, 0.25) is 0 Å². The fourth-order valence-electron chi connectivity index (χ4n) is 1.61. The van der Waals surface area contributed by atoms with E-state index >= 15 is 0 Å². The fourth-order valence-corrected chi connectivity index (χ4v) is 3.73. The molecule has 0 spiro atoms. The van der Waals surface area contributed by atoms with E-state index in [0.29, 0.717) is 6.42 Å². The topological polar surface area (TPSA) is 104 Å². The summed E-state index contributed by atoms with van der Waals surface area (Å²) in [5.41, 5.74) is -2.52. The largest absolute Gasteiger partial charge is 0.479 e. The van der Waals surface area contributed by atoms with Crippen molar-refractivity contribution in [2.45, 2.75) is 31.4 Å². The van der Waals surface area contributed by atoms with Gasteiger partial charge in [0.25, 0.3) is 0 Å². The normalized spacial score (nSPS) is 32.2. The lowest BCUT2D eigenvalue weighted by Crippen LogP contribution is -2.53. The molecule has 0 bridgehead atoms. The van der Waals surface area contributed by atoms with Crippen LogP contribution < -0.4 is 5.32 Å². The van der Waals surface area contributed by atoms with E-state index in [2.05, 4.69) is 5.32 Å². The molecule has 3 N–H and O–H groups in total. The van der Waals surface area contributed by atoms with Gasteiger partial charge in [0.05, 0.1) is 11.5 Å². The highest BCUT2D eigenvalue weighted by molar-refractivity contribution is 7.91. The Bertz CT molecular complexity index is 389. The van der Waals surface area contributed by atoms with E-state index < -0.39 is 26.9 Å². The summed E-state index contributed by atoms with van der Waals surface area (Å²) in [6.07, 6.45) is 0.436. The summed E-state index contributed by atoms with van der Waals surface area (Å²) >= 11 is 0. The first kappa shape index (κ1) is 13.4. The molecule has 1 aliphatic rings. The lowest BCUT2D eigenvalue weighted by Gasteiger charge is -2.28. The van der Waals surface area contributed by atoms with Crippen LogP contribution in [0, 0.1) is 0 Å². The predicted molar refractivity (Wildman–Crippen MR) is 57.9 cm³/mol. The summed E-state index contributed by atoms with van der Waals surface area (Å²) in [5.74, 6) is -1.24. The van der Waals surface area contributed by atoms with Gasteiger partial charge in [-0.05, 0) is 20.3 Å². The molecule has 1 heterocycles. The Kier molecular flexibility index (Phi) is 3.33. The highest BCUT2D eigenvalue weighted by Crippen LogP contribution is 2.23. The second kappa shape index (κ2) is 3.97. The van der Waals surface area contributed by atoms with Gasteiger partial charge < -0.3 is 15.5 Å². The van der Waals surface area contributed by atoms with Gasteiger partial charge in [0.15, 0.2) is 15.4 Å². The van der Waals surface area contributed by atoms with Gasteiger partial charge in [-0.25, -0.2) is 13.2 Å². The van der Waals surface area contributed by atoms with Gasteiger partial charge in [-0.1, -0.05) is 0 Å². The van der Waals surface area contributed by atoms with E-state index in [1.165, 1.54) is 6.92 Å². The molecule has 16 heavy (non-hydrogen) atoms. The van der Waals surface area contributed by atoms with Crippen molar-refractivity contribution in [3.63, 3.8) is 0 Å². The molecule has 6 nitrogen and oxygen atoms in total. The van der Waals surface area contributed by atoms with Gasteiger partial charge in [0.2, 0.25) is 0 Å². The highest BCUT2D eigenvalue weighted by atomic mass is 32.2. The summed E-state index contributed by atoms with van der Waals surface area (Å²) in [6, 6.07) is 0. The van der Waals surface area contributed by atoms with Crippen LogP contribution in [-0.2, 0) is 14.6 Å². The third kappa shape index (κ3) is 3.16. The number of carboxylic acids is 1. The predicted octanol–water partition coefficient (Wildman–Crippen LogP) is -1.01. The average Bonchev–Trinajstić information content (AvgIpc) is 2.38. The average molecular weight is 251 g/mol. The number of carboxylic acid groups (broad SMARTS) is 1. The molecule has 0 aromatic rings. The monoisotopic (exact) mass is 251 g/mol. The molecule has 2 unspecified atom stereocenters. The second-order valence-electron chi connectivity index (χ2n) is 4.84. The van der Waals surface area contributed by atoms with Gasteiger partial charge in [0, 0.05) is 12.1 Å². The number of aliphatic carboxylic acids is 1. The minimum atomic E-state index is -3.03. The molecular formula is C9H17NO5S. The number of hydrogen-bond donors (Lipinski definition) is 3. The fraction of sp³-hybridized carbons (Fsp3) is 0.889. The van der Waals surface area contributed by atoms with Crippen molar-refractivity contribution in [3.05, 3.63) is 0 Å². The number of β-amino-alcohol motifs (C(OH)–C–C–N with tert-alkyl or cyclic N) is 1. The summed E-state index contributed by atoms with van der Waals surface area (Å²) < 4.78 is 22.6. The zero-order chi connectivity index (χ0) is 12.6. The van der Waals surface area contributed by atoms with E-state index in [4.69, 9.17) is 5.11 Å². The van der Waals surface area contributed by atoms with Crippen LogP contribution in [0.3, 0.4) is 0 Å². The maximum absolute atomic E-state index is 11.3. The molecule has 1 aliphatic heterocycles. The molecule has 0 amide bonds. The van der Waals surface area contributed by atoms with E-state index in [9.17, 15) is 18.3 Å². The molecule has 0 aromatic carbocycles. The molecule has 0 radical (unpaired) electrons. The number of rotatable bonds is 4. The number of hydrogen-bond acceptors (Lipinski definition) is 5. The van der Waals surface area contributed by atoms with E-state index in [-0.39, 0.29) is 18.1 Å². The molecule has 0 aliphatic carbocycles. The molecule has 1 fully saturated rings. The Labute approximate surface area is 94.6 Å². The molecule has 2 atom stereocenters. The first-order chi connectivity index (χ1) is 7.06. The number of aliphatic hydroxyl groups is 1. The molecule has 1 rings (SSSR count). The van der Waals surface area contributed by atoms with Crippen LogP contribution in [0.5, 0.6) is 0 Å². The quantitative estimate of drug-likeness (QED) is 0.591. The SMILES string of the molecule is CC1(NCC(C)(O)C(=O)O)CCS(=O)(=O)C1. The van der Waals surface area contributed by atoms with E-state index in [0.717, 1.165) is 0 Å². The zero-order valence-electron chi connectivity index (χ0n) is 9.36. The summed E-state index contributed by atoms with van der Waals surface area (Å²) in [6.45, 7) is 2.72. The molecule has 94 valence electrons. The van der Waals surface area contributed by atoms with Gasteiger partial charge in [-0.2, -0.15) is 0 Å². The Hall–Kier alpha value is -0.660. The lowest BCUT2D eigenvalue weighted by molar-refractivity contribution is -0.156. The number of sulfone groups is 1. The van der Waals surface area contributed by atoms with Crippen molar-refractivity contribution in [2.24, 2.45) is 0 Å². The number of nitrogens with one attached hydrogen (secondary N) is 1. The third-order valence-electron chi connectivity index (χ3n) is 2.82. The minimum absolute atomic E-state index is 0.0182. The maximum Gasteiger partial charge on any atom is 0.336 e. The van der Waals surface area contributed by atoms with Crippen molar-refractivity contribution in [2.75, 3.05) is 18.1 Å². The van der Waals surface area contributed by atoms with Crippen LogP contribution in [-0.4, -0.2) is 53.8 Å². The van der Waals surface area contributed by atoms with Gasteiger partial charge in [-0.3, -0.25) is 0 Å². The first-order valence-corrected chi connectivity index (χ1v) is 6.80. The van der Waals surface area contributed by atoms with Crippen molar-refractivity contribution in [1.82, 2.24) is 5.32 Å². The molecule has 1 saturated heterocycles. The van der Waals surface area contributed by atoms with Crippen LogP contribution in [0.25, 0.3) is 0 Å². The molecule has 7 heteroatoms. The first-order valence-electron chi connectivity index (χ1n) is 4.98. The van der Waals surface area contributed by atoms with Gasteiger partial charge in [0.1, 0.15) is 0 Å². The van der Waals surface area contributed by atoms with Crippen LogP contribution >= 0.6 is 0 Å². The van der Waals surface area contributed by atoms with E-state index in [1.54, 1.807) is 6.92 Å². The lowest BCUT2D eigenvalue weighted by atomic mass is 9.99. The van der Waals surface area contributed by atoms with Crippen molar-refractivity contribution >= 4 is 15.8 Å². The Morgan fingerprint density at radius 3 is 2.50 bits per heavy atom. The van der Waals surface area contributed by atoms with Gasteiger partial charge >= 0.3 is 5.97 Å². The highest BCUT2D eigenvalue weighted by Gasteiger charge is 2.40. The molecule has 0 saturated carbocycles. The molecular weight excluding hydrogens is 234 g/mol. The third-order valence-corrected chi connectivity index (χ3v) is 4.73. The van der Waals surface area contributed by atoms with Crippen molar-refractivity contribution in [1.29, 1.82) is 0 Å². The Balaban J connectivity index is 2.60. The standard InChI is InChI=1S/C9H17NO5S/c1-8(3-4-16(14,15)6-8)10-5-9(2,13)7(11)12/h10,13H,3-6H2,1-2H3,(H,11,12). The van der Waals surface area contributed by atoms with Crippen molar-refractivity contribution < 1.29 is 23.4 Å². The maximum atomic E-state index is 11.3. The number of carbonyl (C=O) groups is 1. The minimum Gasteiger partial charge on any atom is -0.479 e. The molecule has 0 aromatic heterocycles. The summed E-state index contributed by atoms with van der Waals surface area (Å²) in [4.78, 5) is 10.6.